The lowest BCUT2D eigenvalue weighted by Crippen LogP contribution is -2.02. The summed E-state index contributed by atoms with van der Waals surface area (Å²) in [5, 5.41) is 0. The number of rotatable bonds is 1. The summed E-state index contributed by atoms with van der Waals surface area (Å²) >= 11 is 0. The minimum Gasteiger partial charge on any atom is -0.279 e. The standard InChI is InChI=1S/C14H16O.C3H9Si.H3P/c1-5-6-7-13(15)14-11(3)8-10(2)9-12(14)4;1-4(2)3;/h8-9H,5H2,1-4H3;1-3H3;1H3. The summed E-state index contributed by atoms with van der Waals surface area (Å²) in [5.41, 5.74) is 3.98. The van der Waals surface area contributed by atoms with Crippen molar-refractivity contribution in [3.8, 4) is 11.8 Å². The second kappa shape index (κ2) is 10.8. The van der Waals surface area contributed by atoms with Gasteiger partial charge in [-0.15, -0.1) is 0 Å². The Morgan fingerprint density at radius 1 is 1.10 bits per heavy atom. The molecule has 1 rings (SSSR count). The minimum absolute atomic E-state index is 0. The molecule has 1 radical (unpaired) electrons. The van der Waals surface area contributed by atoms with Gasteiger partial charge < -0.3 is 0 Å². The van der Waals surface area contributed by atoms with Gasteiger partial charge in [-0.05, 0) is 37.8 Å². The highest BCUT2D eigenvalue weighted by atomic mass is 31.0. The molecule has 1 nitrogen and oxygen atoms in total. The van der Waals surface area contributed by atoms with E-state index in [4.69, 9.17) is 0 Å². The molecule has 0 aromatic heterocycles. The average molecular weight is 307 g/mol. The van der Waals surface area contributed by atoms with Crippen molar-refractivity contribution >= 4 is 24.5 Å². The van der Waals surface area contributed by atoms with Crippen molar-refractivity contribution in [3.05, 3.63) is 34.4 Å². The Kier molecular flexibility index (Phi) is 11.6. The molecule has 0 fully saturated rings. The molecule has 1 aromatic carbocycles. The molecule has 0 aliphatic rings. The molecular formula is C17H28OPSi. The summed E-state index contributed by atoms with van der Waals surface area (Å²) < 4.78 is 0. The fraction of sp³-hybridized carbons (Fsp3) is 0.471. The molecule has 0 aliphatic heterocycles. The zero-order chi connectivity index (χ0) is 15.0. The number of carbonyl (C=O) groups is 1. The second-order valence-electron chi connectivity index (χ2n) is 5.26. The van der Waals surface area contributed by atoms with Crippen LogP contribution in [0.1, 0.15) is 40.4 Å². The summed E-state index contributed by atoms with van der Waals surface area (Å²) in [4.78, 5) is 11.8. The lowest BCUT2D eigenvalue weighted by Gasteiger charge is -2.06. The van der Waals surface area contributed by atoms with Crippen molar-refractivity contribution in [1.82, 2.24) is 0 Å². The van der Waals surface area contributed by atoms with Gasteiger partial charge in [-0.25, -0.2) is 0 Å². The zero-order valence-corrected chi connectivity index (χ0v) is 16.4. The van der Waals surface area contributed by atoms with Gasteiger partial charge in [-0.3, -0.25) is 4.79 Å². The van der Waals surface area contributed by atoms with Crippen molar-refractivity contribution < 1.29 is 4.79 Å². The molecule has 0 saturated carbocycles. The van der Waals surface area contributed by atoms with Crippen LogP contribution in [0, 0.1) is 32.6 Å². The molecule has 1 atom stereocenters. The number of Topliss-reactive ketones (excluding diaryl/α,β-unsaturated/α-hetero) is 1. The highest BCUT2D eigenvalue weighted by Crippen LogP contribution is 2.16. The number of aryl methyl sites for hydroxylation is 3. The fourth-order valence-electron chi connectivity index (χ4n) is 1.77. The smallest absolute Gasteiger partial charge is 0.236 e. The lowest BCUT2D eigenvalue weighted by atomic mass is 9.97. The number of ketones is 1. The molecular weight excluding hydrogens is 279 g/mol. The highest BCUT2D eigenvalue weighted by Gasteiger charge is 2.09. The SMILES string of the molecule is CCC#CC(=O)c1c(C)cc(C)cc1C.C[Si](C)C.P. The van der Waals surface area contributed by atoms with E-state index in [0.717, 1.165) is 23.1 Å². The van der Waals surface area contributed by atoms with Crippen LogP contribution < -0.4 is 0 Å². The normalized spacial score (nSPS) is 8.80. The summed E-state index contributed by atoms with van der Waals surface area (Å²) in [6.45, 7) is 14.7. The van der Waals surface area contributed by atoms with Crippen molar-refractivity contribution in [3.63, 3.8) is 0 Å². The van der Waals surface area contributed by atoms with Gasteiger partial charge in [0.2, 0.25) is 5.78 Å². The van der Waals surface area contributed by atoms with Crippen LogP contribution in [0.5, 0.6) is 0 Å². The second-order valence-corrected chi connectivity index (χ2v) is 8.26. The lowest BCUT2D eigenvalue weighted by molar-refractivity contribution is 0.105. The number of benzene rings is 1. The van der Waals surface area contributed by atoms with Gasteiger partial charge in [0, 0.05) is 20.8 Å². The van der Waals surface area contributed by atoms with Crippen molar-refractivity contribution in [2.24, 2.45) is 0 Å². The van der Waals surface area contributed by atoms with Crippen LogP contribution in [-0.4, -0.2) is 14.6 Å². The van der Waals surface area contributed by atoms with E-state index in [2.05, 4.69) is 31.5 Å². The zero-order valence-electron chi connectivity index (χ0n) is 14.0. The molecule has 0 saturated heterocycles. The molecule has 1 unspecified atom stereocenters. The van der Waals surface area contributed by atoms with Gasteiger partial charge in [0.05, 0.1) is 0 Å². The molecule has 0 aliphatic carbocycles. The van der Waals surface area contributed by atoms with Crippen molar-refractivity contribution in [2.45, 2.75) is 53.8 Å². The first kappa shape index (κ1) is 21.4. The van der Waals surface area contributed by atoms with Crippen LogP contribution in [0.25, 0.3) is 0 Å². The molecule has 0 amide bonds. The third kappa shape index (κ3) is 8.30. The van der Waals surface area contributed by atoms with E-state index in [1.807, 2.05) is 39.8 Å². The predicted molar refractivity (Wildman–Crippen MR) is 97.5 cm³/mol. The minimum atomic E-state index is -0.0631. The molecule has 1 aromatic rings. The van der Waals surface area contributed by atoms with Crippen LogP contribution in [0.2, 0.25) is 19.6 Å². The summed E-state index contributed by atoms with van der Waals surface area (Å²) in [5.74, 6) is 5.41. The first-order valence-electron chi connectivity index (χ1n) is 6.67. The van der Waals surface area contributed by atoms with Crippen LogP contribution in [-0.2, 0) is 0 Å². The Hall–Kier alpha value is -0.903. The molecule has 0 spiro atoms. The number of hydrogen-bond donors (Lipinski definition) is 0. The largest absolute Gasteiger partial charge is 0.279 e. The Balaban J connectivity index is 0. The number of hydrogen-bond acceptors (Lipinski definition) is 1. The molecule has 0 bridgehead atoms. The van der Waals surface area contributed by atoms with Crippen molar-refractivity contribution in [2.75, 3.05) is 0 Å². The third-order valence-corrected chi connectivity index (χ3v) is 2.28. The first-order valence-corrected chi connectivity index (χ1v) is 9.67. The maximum absolute atomic E-state index is 11.8. The highest BCUT2D eigenvalue weighted by molar-refractivity contribution is 6.92. The summed E-state index contributed by atoms with van der Waals surface area (Å²) in [6, 6.07) is 4.04. The molecule has 3 heteroatoms. The molecule has 20 heavy (non-hydrogen) atoms. The van der Waals surface area contributed by atoms with Gasteiger partial charge in [0.25, 0.3) is 0 Å². The Bertz CT molecular complexity index is 470. The first-order chi connectivity index (χ1) is 8.79. The average Bonchev–Trinajstić information content (AvgIpc) is 2.23. The summed E-state index contributed by atoms with van der Waals surface area (Å²) in [7, 11) is 0.120. The van der Waals surface area contributed by atoms with Crippen molar-refractivity contribution in [1.29, 1.82) is 0 Å². The van der Waals surface area contributed by atoms with E-state index >= 15 is 0 Å². The van der Waals surface area contributed by atoms with Gasteiger partial charge >= 0.3 is 0 Å². The van der Waals surface area contributed by atoms with E-state index in [0.29, 0.717) is 0 Å². The van der Waals surface area contributed by atoms with E-state index in [1.54, 1.807) is 0 Å². The summed E-state index contributed by atoms with van der Waals surface area (Å²) in [6.07, 6.45) is 0.718. The molecule has 0 heterocycles. The van der Waals surface area contributed by atoms with Gasteiger partial charge in [-0.1, -0.05) is 50.2 Å². The van der Waals surface area contributed by atoms with Crippen LogP contribution in [0.15, 0.2) is 12.1 Å². The Morgan fingerprint density at radius 3 is 1.85 bits per heavy atom. The molecule has 111 valence electrons. The van der Waals surface area contributed by atoms with E-state index < -0.39 is 0 Å². The Morgan fingerprint density at radius 2 is 1.50 bits per heavy atom. The fourth-order valence-corrected chi connectivity index (χ4v) is 1.77. The topological polar surface area (TPSA) is 17.1 Å². The molecule has 0 N–H and O–H groups in total. The monoisotopic (exact) mass is 307 g/mol. The van der Waals surface area contributed by atoms with Crippen LogP contribution in [0.4, 0.5) is 0 Å². The maximum Gasteiger partial charge on any atom is 0.236 e. The van der Waals surface area contributed by atoms with E-state index in [-0.39, 0.29) is 24.5 Å². The van der Waals surface area contributed by atoms with Gasteiger partial charge in [0.15, 0.2) is 0 Å². The van der Waals surface area contributed by atoms with Gasteiger partial charge in [-0.2, -0.15) is 9.90 Å². The van der Waals surface area contributed by atoms with Crippen LogP contribution >= 0.6 is 9.90 Å². The Labute approximate surface area is 129 Å². The quantitative estimate of drug-likeness (QED) is 0.243. The number of carbonyl (C=O) groups excluding carboxylic acids is 1. The van der Waals surface area contributed by atoms with E-state index in [9.17, 15) is 4.79 Å². The predicted octanol–water partition coefficient (Wildman–Crippen LogP) is 4.64. The maximum atomic E-state index is 11.8. The van der Waals surface area contributed by atoms with Gasteiger partial charge in [0.1, 0.15) is 0 Å². The van der Waals surface area contributed by atoms with Crippen LogP contribution in [0.3, 0.4) is 0 Å². The third-order valence-electron chi connectivity index (χ3n) is 2.28. The van der Waals surface area contributed by atoms with E-state index in [1.165, 1.54) is 5.56 Å².